The molecule has 2 rings (SSSR count). The van der Waals surface area contributed by atoms with Crippen molar-refractivity contribution in [3.8, 4) is 0 Å². The first-order valence-electron chi connectivity index (χ1n) is 5.72. The molecule has 4 heteroatoms. The van der Waals surface area contributed by atoms with Crippen molar-refractivity contribution >= 4 is 0 Å². The van der Waals surface area contributed by atoms with Crippen LogP contribution in [0.1, 0.15) is 20.3 Å². The molecule has 0 saturated carbocycles. The molecule has 0 amide bonds. The predicted molar refractivity (Wildman–Crippen MR) is 60.3 cm³/mol. The van der Waals surface area contributed by atoms with Crippen LogP contribution in [0.15, 0.2) is 11.8 Å². The predicted octanol–water partition coefficient (Wildman–Crippen LogP) is 0.258. The van der Waals surface area contributed by atoms with Crippen LogP contribution < -0.4 is 11.1 Å². The summed E-state index contributed by atoms with van der Waals surface area (Å²) in [4.78, 5) is 2.46. The molecule has 0 aliphatic carbocycles. The molecule has 0 aromatic heterocycles. The first kappa shape index (κ1) is 10.9. The molecular weight excluding hydrogens is 190 g/mol. The summed E-state index contributed by atoms with van der Waals surface area (Å²) in [6.45, 7) is 7.10. The van der Waals surface area contributed by atoms with Crippen molar-refractivity contribution < 1.29 is 4.74 Å². The van der Waals surface area contributed by atoms with E-state index in [4.69, 9.17) is 10.5 Å². The van der Waals surface area contributed by atoms with Crippen LogP contribution in [0.5, 0.6) is 0 Å². The first-order chi connectivity index (χ1) is 7.15. The topological polar surface area (TPSA) is 50.5 Å². The first-order valence-corrected chi connectivity index (χ1v) is 5.72. The molecule has 0 spiro atoms. The third-order valence-corrected chi connectivity index (χ3v) is 3.03. The van der Waals surface area contributed by atoms with Gasteiger partial charge < -0.3 is 10.5 Å². The maximum atomic E-state index is 5.74. The fourth-order valence-electron chi connectivity index (χ4n) is 2.40. The highest BCUT2D eigenvalue weighted by atomic mass is 16.5. The maximum absolute atomic E-state index is 5.74. The summed E-state index contributed by atoms with van der Waals surface area (Å²) < 4.78 is 5.72. The van der Waals surface area contributed by atoms with E-state index in [0.717, 1.165) is 31.8 Å². The van der Waals surface area contributed by atoms with E-state index in [-0.39, 0.29) is 0 Å². The van der Waals surface area contributed by atoms with Gasteiger partial charge in [0.15, 0.2) is 0 Å². The van der Waals surface area contributed by atoms with Gasteiger partial charge in [-0.15, -0.1) is 0 Å². The Morgan fingerprint density at radius 2 is 2.07 bits per heavy atom. The van der Waals surface area contributed by atoms with Crippen LogP contribution in [0.2, 0.25) is 0 Å². The Balaban J connectivity index is 1.93. The minimum absolute atomic E-state index is 0.332. The average molecular weight is 211 g/mol. The monoisotopic (exact) mass is 211 g/mol. The Bertz CT molecular complexity index is 244. The van der Waals surface area contributed by atoms with Crippen molar-refractivity contribution in [3.05, 3.63) is 11.8 Å². The van der Waals surface area contributed by atoms with Gasteiger partial charge in [-0.1, -0.05) is 6.08 Å². The lowest BCUT2D eigenvalue weighted by molar-refractivity contribution is -0.0841. The van der Waals surface area contributed by atoms with Gasteiger partial charge in [-0.25, -0.2) is 0 Å². The molecule has 3 atom stereocenters. The van der Waals surface area contributed by atoms with Gasteiger partial charge in [-0.2, -0.15) is 0 Å². The van der Waals surface area contributed by atoms with Crippen LogP contribution in [0.3, 0.4) is 0 Å². The van der Waals surface area contributed by atoms with E-state index in [2.05, 4.69) is 30.1 Å². The summed E-state index contributed by atoms with van der Waals surface area (Å²) >= 11 is 0. The van der Waals surface area contributed by atoms with Crippen molar-refractivity contribution in [1.29, 1.82) is 0 Å². The summed E-state index contributed by atoms with van der Waals surface area (Å²) in [6, 6.07) is 0. The third kappa shape index (κ3) is 2.71. The lowest BCUT2D eigenvalue weighted by Crippen LogP contribution is -2.56. The largest absolute Gasteiger partial charge is 0.401 e. The second kappa shape index (κ2) is 4.51. The van der Waals surface area contributed by atoms with Gasteiger partial charge in [-0.3, -0.25) is 10.2 Å². The quantitative estimate of drug-likeness (QED) is 0.653. The van der Waals surface area contributed by atoms with Crippen molar-refractivity contribution in [3.63, 3.8) is 0 Å². The van der Waals surface area contributed by atoms with Gasteiger partial charge in [0.25, 0.3) is 0 Å². The summed E-state index contributed by atoms with van der Waals surface area (Å²) in [5, 5.41) is 3.46. The molecule has 1 saturated heterocycles. The molecular formula is C11H21N3O. The number of morpholine rings is 1. The van der Waals surface area contributed by atoms with Gasteiger partial charge in [0.05, 0.1) is 18.4 Å². The number of nitrogens with one attached hydrogen (secondary N) is 1. The van der Waals surface area contributed by atoms with Crippen molar-refractivity contribution in [1.82, 2.24) is 10.2 Å². The van der Waals surface area contributed by atoms with Crippen LogP contribution >= 0.6 is 0 Å². The molecule has 0 aromatic rings. The molecule has 86 valence electrons. The van der Waals surface area contributed by atoms with E-state index < -0.39 is 0 Å². The number of hydrogen-bond donors (Lipinski definition) is 2. The number of nitrogens with two attached hydrogens (primary N) is 1. The Morgan fingerprint density at radius 1 is 1.40 bits per heavy atom. The highest BCUT2D eigenvalue weighted by molar-refractivity contribution is 5.05. The molecule has 4 nitrogen and oxygen atoms in total. The van der Waals surface area contributed by atoms with Gasteiger partial charge in [0, 0.05) is 25.3 Å². The van der Waals surface area contributed by atoms with Crippen LogP contribution in [-0.2, 0) is 4.74 Å². The third-order valence-electron chi connectivity index (χ3n) is 3.03. The molecule has 0 aromatic carbocycles. The van der Waals surface area contributed by atoms with Crippen LogP contribution in [-0.4, -0.2) is 42.9 Å². The van der Waals surface area contributed by atoms with E-state index in [1.54, 1.807) is 0 Å². The van der Waals surface area contributed by atoms with E-state index in [1.807, 2.05) is 0 Å². The van der Waals surface area contributed by atoms with Crippen molar-refractivity contribution in [2.45, 2.75) is 38.6 Å². The molecule has 3 N–H and O–H groups in total. The van der Waals surface area contributed by atoms with E-state index in [1.165, 1.54) is 0 Å². The van der Waals surface area contributed by atoms with Crippen molar-refractivity contribution in [2.24, 2.45) is 5.73 Å². The molecule has 2 aliphatic rings. The molecule has 2 heterocycles. The fourth-order valence-corrected chi connectivity index (χ4v) is 2.40. The van der Waals surface area contributed by atoms with E-state index in [9.17, 15) is 0 Å². The summed E-state index contributed by atoms with van der Waals surface area (Å²) in [5.74, 6) is 0. The molecule has 0 bridgehead atoms. The number of nitrogens with zero attached hydrogens (tertiary/aromatic N) is 1. The second-order valence-corrected chi connectivity index (χ2v) is 4.62. The molecule has 0 radical (unpaired) electrons. The SMILES string of the molecule is C[C@@H]1CN(C2CC=C(N)CN2)C[C@H](C)O1. The summed E-state index contributed by atoms with van der Waals surface area (Å²) in [7, 11) is 0. The van der Waals surface area contributed by atoms with Gasteiger partial charge in [0.1, 0.15) is 0 Å². The Hall–Kier alpha value is -0.580. The lowest BCUT2D eigenvalue weighted by atomic mass is 10.1. The summed E-state index contributed by atoms with van der Waals surface area (Å²) in [6.07, 6.45) is 4.24. The van der Waals surface area contributed by atoms with Crippen LogP contribution in [0.25, 0.3) is 0 Å². The number of hydrogen-bond acceptors (Lipinski definition) is 4. The smallest absolute Gasteiger partial charge is 0.0678 e. The van der Waals surface area contributed by atoms with Gasteiger partial charge in [0.2, 0.25) is 0 Å². The normalized spacial score (nSPS) is 38.8. The van der Waals surface area contributed by atoms with Crippen molar-refractivity contribution in [2.75, 3.05) is 19.6 Å². The molecule has 1 fully saturated rings. The highest BCUT2D eigenvalue weighted by Gasteiger charge is 2.28. The van der Waals surface area contributed by atoms with Gasteiger partial charge >= 0.3 is 0 Å². The van der Waals surface area contributed by atoms with E-state index in [0.29, 0.717) is 18.4 Å². The second-order valence-electron chi connectivity index (χ2n) is 4.62. The summed E-state index contributed by atoms with van der Waals surface area (Å²) in [5.41, 5.74) is 6.70. The molecule has 15 heavy (non-hydrogen) atoms. The van der Waals surface area contributed by atoms with Gasteiger partial charge in [-0.05, 0) is 20.3 Å². The van der Waals surface area contributed by atoms with Crippen LogP contribution in [0.4, 0.5) is 0 Å². The zero-order chi connectivity index (χ0) is 10.8. The fraction of sp³-hybridized carbons (Fsp3) is 0.818. The van der Waals surface area contributed by atoms with E-state index >= 15 is 0 Å². The number of ether oxygens (including phenoxy) is 1. The molecule has 2 aliphatic heterocycles. The minimum Gasteiger partial charge on any atom is -0.401 e. The molecule has 1 unspecified atom stereocenters. The number of rotatable bonds is 1. The Labute approximate surface area is 91.5 Å². The maximum Gasteiger partial charge on any atom is 0.0678 e. The average Bonchev–Trinajstić information content (AvgIpc) is 2.17. The minimum atomic E-state index is 0.332. The van der Waals surface area contributed by atoms with Crippen LogP contribution in [0, 0.1) is 0 Å². The Morgan fingerprint density at radius 3 is 2.60 bits per heavy atom. The standard InChI is InChI=1S/C11H21N3O/c1-8-6-14(7-9(2)15-8)11-4-3-10(12)5-13-11/h3,8-9,11,13H,4-7,12H2,1-2H3/t8-,9+,11?. The zero-order valence-corrected chi connectivity index (χ0v) is 9.57. The Kier molecular flexibility index (Phi) is 3.29. The highest BCUT2D eigenvalue weighted by Crippen LogP contribution is 2.16. The zero-order valence-electron chi connectivity index (χ0n) is 9.57. The lowest BCUT2D eigenvalue weighted by Gasteiger charge is -2.41.